The van der Waals surface area contributed by atoms with Crippen LogP contribution in [0.3, 0.4) is 0 Å². The first-order valence-corrected chi connectivity index (χ1v) is 10.4. The van der Waals surface area contributed by atoms with E-state index in [0.717, 1.165) is 0 Å². The van der Waals surface area contributed by atoms with Crippen molar-refractivity contribution in [2.24, 2.45) is 0 Å². The molecule has 168 valence electrons. The molecule has 0 aliphatic rings. The minimum absolute atomic E-state index is 0.0747. The van der Waals surface area contributed by atoms with E-state index < -0.39 is 74.0 Å². The summed E-state index contributed by atoms with van der Waals surface area (Å²) < 4.78 is 78.5. The van der Waals surface area contributed by atoms with Crippen molar-refractivity contribution in [3.63, 3.8) is 0 Å². The molecule has 0 fully saturated rings. The number of non-ortho nitro benzene ring substituents is 1. The molecule has 2 aromatic carbocycles. The molecule has 0 aliphatic heterocycles. The Kier molecular flexibility index (Phi) is 7.34. The van der Waals surface area contributed by atoms with Crippen LogP contribution in [0.1, 0.15) is 11.1 Å². The monoisotopic (exact) mass is 707 g/mol. The maximum atomic E-state index is 13.5. The molecule has 0 saturated heterocycles. The summed E-state index contributed by atoms with van der Waals surface area (Å²) in [6.07, 6.45) is -10.2. The number of nitro benzene ring substituents is 2. The molecule has 1 N–H and O–H groups in total. The van der Waals surface area contributed by atoms with Gasteiger partial charge in [-0.2, -0.15) is 26.3 Å². The van der Waals surface area contributed by atoms with E-state index in [2.05, 4.69) is 69.0 Å². The van der Waals surface area contributed by atoms with Gasteiger partial charge < -0.3 is 5.32 Å². The second-order valence-electron chi connectivity index (χ2n) is 5.53. The van der Waals surface area contributed by atoms with Gasteiger partial charge in [0, 0.05) is 15.0 Å². The lowest BCUT2D eigenvalue weighted by molar-refractivity contribution is -0.394. The summed E-state index contributed by atoms with van der Waals surface area (Å²) >= 11 is 11.0. The first-order valence-electron chi connectivity index (χ1n) is 7.22. The van der Waals surface area contributed by atoms with E-state index in [9.17, 15) is 46.6 Å². The normalized spacial score (nSPS) is 12.1. The Labute approximate surface area is 201 Å². The van der Waals surface area contributed by atoms with Gasteiger partial charge in [-0.15, -0.1) is 0 Å². The zero-order valence-corrected chi connectivity index (χ0v) is 20.3. The second kappa shape index (κ2) is 8.82. The molecule has 0 aromatic heterocycles. The Morgan fingerprint density at radius 1 is 0.742 bits per heavy atom. The number of nitrogens with one attached hydrogen (secondary N) is 1. The van der Waals surface area contributed by atoms with Crippen molar-refractivity contribution >= 4 is 86.5 Å². The highest BCUT2D eigenvalue weighted by Gasteiger charge is 2.42. The third-order valence-corrected chi connectivity index (χ3v) is 7.85. The van der Waals surface area contributed by atoms with Crippen LogP contribution in [0, 0.1) is 20.2 Å². The van der Waals surface area contributed by atoms with Gasteiger partial charge in [0.1, 0.15) is 5.69 Å². The smallest absolute Gasteiger partial charge is 0.347 e. The van der Waals surface area contributed by atoms with Crippen molar-refractivity contribution in [1.82, 2.24) is 0 Å². The van der Waals surface area contributed by atoms with Gasteiger partial charge in [0.05, 0.1) is 41.7 Å². The fourth-order valence-electron chi connectivity index (χ4n) is 2.33. The molecule has 0 aliphatic carbocycles. The van der Waals surface area contributed by atoms with Crippen LogP contribution in [0.25, 0.3) is 0 Å². The van der Waals surface area contributed by atoms with Crippen LogP contribution >= 0.6 is 63.7 Å². The Bertz CT molecular complexity index is 1080. The van der Waals surface area contributed by atoms with Crippen molar-refractivity contribution in [2.75, 3.05) is 5.32 Å². The largest absolute Gasteiger partial charge is 0.418 e. The number of rotatable bonds is 4. The SMILES string of the molecule is O=[N+]([O-])c1cc([N+](=O)[O-])c(Nc2c(Br)c(Br)c(C(F)(F)F)c(Br)c2Br)c(C(F)(F)F)c1. The molecule has 0 amide bonds. The summed E-state index contributed by atoms with van der Waals surface area (Å²) in [4.78, 5) is 19.7. The number of benzene rings is 2. The number of hydrogen-bond acceptors (Lipinski definition) is 5. The zero-order valence-electron chi connectivity index (χ0n) is 14.0. The van der Waals surface area contributed by atoms with Gasteiger partial charge in [0.15, 0.2) is 0 Å². The van der Waals surface area contributed by atoms with Crippen molar-refractivity contribution in [3.8, 4) is 0 Å². The van der Waals surface area contributed by atoms with Crippen LogP contribution in [0.5, 0.6) is 0 Å². The van der Waals surface area contributed by atoms with E-state index in [-0.39, 0.29) is 6.07 Å². The van der Waals surface area contributed by atoms with Gasteiger partial charge >= 0.3 is 12.4 Å². The van der Waals surface area contributed by atoms with E-state index in [1.54, 1.807) is 0 Å². The van der Waals surface area contributed by atoms with Gasteiger partial charge in [0.25, 0.3) is 11.4 Å². The third-order valence-electron chi connectivity index (χ3n) is 3.61. The number of halogens is 10. The van der Waals surface area contributed by atoms with Crippen molar-refractivity contribution in [2.45, 2.75) is 12.4 Å². The molecule has 31 heavy (non-hydrogen) atoms. The third kappa shape index (κ3) is 5.14. The highest BCUT2D eigenvalue weighted by atomic mass is 79.9. The molecular weight excluding hydrogens is 708 g/mol. The van der Waals surface area contributed by atoms with Crippen LogP contribution in [0.15, 0.2) is 30.0 Å². The molecule has 0 radical (unpaired) electrons. The molecule has 0 spiro atoms. The van der Waals surface area contributed by atoms with Crippen LogP contribution in [0.2, 0.25) is 0 Å². The fraction of sp³-hybridized carbons (Fsp3) is 0.143. The van der Waals surface area contributed by atoms with Gasteiger partial charge in [0.2, 0.25) is 0 Å². The Balaban J connectivity index is 2.89. The highest BCUT2D eigenvalue weighted by molar-refractivity contribution is 9.14. The average molecular weight is 711 g/mol. The van der Waals surface area contributed by atoms with Crippen molar-refractivity contribution < 1.29 is 36.2 Å². The number of anilines is 2. The Hall–Kier alpha value is -1.46. The van der Waals surface area contributed by atoms with E-state index >= 15 is 0 Å². The van der Waals surface area contributed by atoms with Crippen LogP contribution in [0.4, 0.5) is 49.1 Å². The molecule has 0 bridgehead atoms. The van der Waals surface area contributed by atoms with Crippen LogP contribution in [-0.4, -0.2) is 9.85 Å². The predicted octanol–water partition coefficient (Wildman–Crippen LogP) is 8.33. The predicted molar refractivity (Wildman–Crippen MR) is 110 cm³/mol. The lowest BCUT2D eigenvalue weighted by Crippen LogP contribution is -2.13. The first kappa shape index (κ1) is 25.8. The number of nitrogens with zero attached hydrogens (tertiary/aromatic N) is 2. The van der Waals surface area contributed by atoms with Gasteiger partial charge in [-0.05, 0) is 63.7 Å². The average Bonchev–Trinajstić information content (AvgIpc) is 2.61. The summed E-state index contributed by atoms with van der Waals surface area (Å²) in [6, 6.07) is 0.374. The molecule has 2 aromatic rings. The number of alkyl halides is 6. The maximum Gasteiger partial charge on any atom is 0.418 e. The second-order valence-corrected chi connectivity index (χ2v) is 8.70. The summed E-state index contributed by atoms with van der Waals surface area (Å²) in [5.74, 6) is 0. The molecule has 17 heteroatoms. The Morgan fingerprint density at radius 3 is 1.58 bits per heavy atom. The molecule has 0 saturated carbocycles. The summed E-state index contributed by atoms with van der Waals surface area (Å²) in [5, 5.41) is 24.3. The van der Waals surface area contributed by atoms with Crippen molar-refractivity contribution in [1.29, 1.82) is 0 Å². The summed E-state index contributed by atoms with van der Waals surface area (Å²) in [7, 11) is 0. The maximum absolute atomic E-state index is 13.5. The molecule has 2 rings (SSSR count). The number of nitro groups is 2. The van der Waals surface area contributed by atoms with Gasteiger partial charge in [-0.3, -0.25) is 20.2 Å². The summed E-state index contributed by atoms with van der Waals surface area (Å²) in [6.45, 7) is 0. The van der Waals surface area contributed by atoms with E-state index in [1.807, 2.05) is 0 Å². The highest BCUT2D eigenvalue weighted by Crippen LogP contribution is 2.52. The topological polar surface area (TPSA) is 98.3 Å². The van der Waals surface area contributed by atoms with Gasteiger partial charge in [-0.1, -0.05) is 0 Å². The minimum atomic E-state index is -5.28. The minimum Gasteiger partial charge on any atom is -0.347 e. The molecule has 0 heterocycles. The molecule has 0 atom stereocenters. The molecule has 0 unspecified atom stereocenters. The summed E-state index contributed by atoms with van der Waals surface area (Å²) in [5.41, 5.74) is -7.15. The zero-order chi connectivity index (χ0) is 24.0. The van der Waals surface area contributed by atoms with Crippen LogP contribution in [-0.2, 0) is 12.4 Å². The lowest BCUT2D eigenvalue weighted by atomic mass is 10.1. The van der Waals surface area contributed by atoms with Crippen molar-refractivity contribution in [3.05, 3.63) is 61.4 Å². The molecule has 7 nitrogen and oxygen atoms in total. The standard InChI is InChI=1S/C14H3Br4F6N3O4/c15-7-6(14(22,23)24)8(16)10(18)12(9(7)17)25-11-4(13(19,20)21)1-3(26(28)29)2-5(11)27(30)31/h1-2,25H. The molecular formula is C14H3Br4F6N3O4. The van der Waals surface area contributed by atoms with E-state index in [4.69, 9.17) is 0 Å². The Morgan fingerprint density at radius 2 is 1.23 bits per heavy atom. The lowest BCUT2D eigenvalue weighted by Gasteiger charge is -2.21. The fourth-order valence-corrected chi connectivity index (χ4v) is 5.10. The quantitative estimate of drug-likeness (QED) is 0.149. The first-order chi connectivity index (χ1) is 14.0. The van der Waals surface area contributed by atoms with Crippen LogP contribution < -0.4 is 5.32 Å². The van der Waals surface area contributed by atoms with Gasteiger partial charge in [-0.25, -0.2) is 0 Å². The number of hydrogen-bond donors (Lipinski definition) is 1. The van der Waals surface area contributed by atoms with E-state index in [1.165, 1.54) is 0 Å². The van der Waals surface area contributed by atoms with E-state index in [0.29, 0.717) is 6.07 Å².